The normalized spacial score (nSPS) is 13.4. The van der Waals surface area contributed by atoms with Crippen LogP contribution in [-0.2, 0) is 0 Å². The summed E-state index contributed by atoms with van der Waals surface area (Å²) in [7, 11) is 4.07. The Morgan fingerprint density at radius 2 is 0.638 bits per heavy atom. The van der Waals surface area contributed by atoms with E-state index in [0.717, 1.165) is 86.2 Å². The first-order chi connectivity index (χ1) is 46.1. The van der Waals surface area contributed by atoms with E-state index >= 15 is 17.6 Å². The molecule has 448 valence electrons. The Labute approximate surface area is 546 Å². The Morgan fingerprint density at radius 1 is 0.309 bits per heavy atom. The van der Waals surface area contributed by atoms with Gasteiger partial charge in [-0.25, -0.2) is 17.6 Å². The summed E-state index contributed by atoms with van der Waals surface area (Å²) in [5.74, 6) is 2.16. The smallest absolute Gasteiger partial charge is 0.285 e. The fourth-order valence-electron chi connectivity index (χ4n) is 14.9. The van der Waals surface area contributed by atoms with E-state index in [0.29, 0.717) is 68.7 Å². The van der Waals surface area contributed by atoms with Crippen molar-refractivity contribution < 1.29 is 36.5 Å². The summed E-state index contributed by atoms with van der Waals surface area (Å²) in [6.07, 6.45) is 0. The molecule has 0 saturated carbocycles. The van der Waals surface area contributed by atoms with Gasteiger partial charge < -0.3 is 43.4 Å². The van der Waals surface area contributed by atoms with Crippen LogP contribution in [0.1, 0.15) is 0 Å². The van der Waals surface area contributed by atoms with Crippen molar-refractivity contribution in [2.24, 2.45) is 0 Å². The van der Waals surface area contributed by atoms with E-state index in [4.69, 9.17) is 18.9 Å². The second-order valence-corrected chi connectivity index (χ2v) is 26.2. The maximum Gasteiger partial charge on any atom is 0.285 e. The summed E-state index contributed by atoms with van der Waals surface area (Å²) in [5, 5.41) is 0. The summed E-state index contributed by atoms with van der Waals surface area (Å²) in [6, 6.07) is 75.1. The number of ether oxygens (including phenoxy) is 4. The molecule has 0 unspecified atom stereocenters. The van der Waals surface area contributed by atoms with Crippen LogP contribution in [0.3, 0.4) is 0 Å². The lowest BCUT2D eigenvalue weighted by Crippen LogP contribution is -2.58. The van der Waals surface area contributed by atoms with Crippen molar-refractivity contribution in [2.75, 3.05) is 38.6 Å². The molecule has 0 amide bonds. The minimum Gasteiger partial charge on any atom is -0.458 e. The molecule has 94 heavy (non-hydrogen) atoms. The molecule has 0 N–H and O–H groups in total. The molecule has 13 aromatic rings. The number of fused-ring (bicyclic) bond motifs is 14. The van der Waals surface area contributed by atoms with Gasteiger partial charge in [0.05, 0.1) is 28.4 Å². The van der Waals surface area contributed by atoms with Gasteiger partial charge in [-0.15, -0.1) is 0 Å². The molecule has 6 aliphatic rings. The zero-order valence-electron chi connectivity index (χ0n) is 50.0. The summed E-state index contributed by atoms with van der Waals surface area (Å²) < 4.78 is 98.8. The van der Waals surface area contributed by atoms with Crippen molar-refractivity contribution in [3.63, 3.8) is 0 Å². The Hall–Kier alpha value is -11.1. The predicted molar refractivity (Wildman–Crippen MR) is 375 cm³/mol. The Morgan fingerprint density at radius 3 is 1.02 bits per heavy atom. The van der Waals surface area contributed by atoms with Gasteiger partial charge in [0, 0.05) is 97.1 Å². The van der Waals surface area contributed by atoms with Crippen molar-refractivity contribution in [3.05, 3.63) is 266 Å². The molecular formula is C76H46B3F4N5O4S2. The van der Waals surface area contributed by atoms with E-state index in [1.807, 2.05) is 172 Å². The molecule has 18 heteroatoms. The van der Waals surface area contributed by atoms with Crippen LogP contribution in [0.4, 0.5) is 91.5 Å². The van der Waals surface area contributed by atoms with E-state index in [9.17, 15) is 0 Å². The van der Waals surface area contributed by atoms with Crippen LogP contribution in [0.25, 0.3) is 0 Å². The first kappa shape index (κ1) is 54.7. The minimum absolute atomic E-state index is 0.219. The fraction of sp³-hybridized carbons (Fsp3) is 0.0263. The van der Waals surface area contributed by atoms with Crippen LogP contribution in [-0.4, -0.2) is 34.2 Å². The van der Waals surface area contributed by atoms with Gasteiger partial charge in [-0.3, -0.25) is 0 Å². The second-order valence-electron chi connectivity index (χ2n) is 24.0. The standard InChI is InChI=1S/C76H46B3F4N5O4S2/c1-84-56-37-47(87(45-25-11-5-12-26-45)67-52(80)31-19-32-53(67)81)39-60-64(56)77(50-29-15-17-35-58(50)89-60)73-69(84)71-75(93-73)79-66-62(91-71)41-49(86(43-21-7-3-8-22-43)44-23-9-4-10-24-44)42-63(66)92-72-70-74(94-76(72)79)78-51-30-16-18-36-59(51)90-61-40-48(38-57(65(61)78)85(70)2)88(46-27-13-6-14-28-46)68-54(82)33-20-34-55(68)83/h3-42H,1-2H3. The number of hydrogen-bond donors (Lipinski definition) is 0. The number of para-hydroxylation sites is 8. The number of benzene rings is 11. The van der Waals surface area contributed by atoms with Crippen LogP contribution in [0.15, 0.2) is 243 Å². The van der Waals surface area contributed by atoms with Gasteiger partial charge >= 0.3 is 0 Å². The third-order valence-corrected chi connectivity index (χ3v) is 21.4. The van der Waals surface area contributed by atoms with E-state index in [-0.39, 0.29) is 24.8 Å². The zero-order valence-corrected chi connectivity index (χ0v) is 51.7. The van der Waals surface area contributed by atoms with E-state index in [1.54, 1.807) is 32.5 Å². The molecule has 9 nitrogen and oxygen atoms in total. The van der Waals surface area contributed by atoms with Gasteiger partial charge in [-0.1, -0.05) is 121 Å². The SMILES string of the molecule is CN1c2cc(N(c3ccccc3)c3c(F)cccc3F)cc3c2B(c2ccccc2O3)c2sc3c(c21)Oc1cc(N(c2ccccc2)c2ccccc2)cc2c1B3c1sc3c(c1O2)N(C)c1cc(N(c2ccccc2)c2c(F)cccc2F)cc2c1B3c1ccccc1O2. The largest absolute Gasteiger partial charge is 0.458 e. The van der Waals surface area contributed by atoms with Crippen molar-refractivity contribution >= 4 is 163 Å². The van der Waals surface area contributed by atoms with Crippen molar-refractivity contribution in [1.29, 1.82) is 0 Å². The second kappa shape index (κ2) is 20.7. The van der Waals surface area contributed by atoms with Gasteiger partial charge in [-0.05, 0) is 119 Å². The quantitative estimate of drug-likeness (QED) is 0.104. The monoisotopic (exact) mass is 1270 g/mol. The average molecular weight is 1270 g/mol. The molecule has 8 heterocycles. The minimum atomic E-state index is -0.718. The van der Waals surface area contributed by atoms with Crippen molar-refractivity contribution in [3.8, 4) is 46.0 Å². The zero-order chi connectivity index (χ0) is 62.8. The van der Waals surface area contributed by atoms with E-state index in [2.05, 4.69) is 63.2 Å². The molecule has 0 radical (unpaired) electrons. The molecule has 0 atom stereocenters. The van der Waals surface area contributed by atoms with E-state index < -0.39 is 30.0 Å². The van der Waals surface area contributed by atoms with Gasteiger partial charge in [0.25, 0.3) is 20.1 Å². The maximum atomic E-state index is 16.4. The topological polar surface area (TPSA) is 53.1 Å². The first-order valence-corrected chi connectivity index (χ1v) is 32.5. The highest BCUT2D eigenvalue weighted by Crippen LogP contribution is 2.53. The number of rotatable bonds is 9. The number of anilines is 13. The molecule has 0 fully saturated rings. The fourth-order valence-corrected chi connectivity index (χ4v) is 18.0. The number of halogens is 4. The molecule has 2 aromatic heterocycles. The predicted octanol–water partition coefficient (Wildman–Crippen LogP) is 14.9. The Kier molecular flexibility index (Phi) is 12.0. The summed E-state index contributed by atoms with van der Waals surface area (Å²) in [5.41, 5.74) is 12.2. The Balaban J connectivity index is 0.852. The number of thiophene rings is 2. The van der Waals surface area contributed by atoms with E-state index in [1.165, 1.54) is 36.4 Å². The average Bonchev–Trinajstić information content (AvgIpc) is 1.48. The molecule has 0 saturated heterocycles. The lowest BCUT2D eigenvalue weighted by Gasteiger charge is -2.39. The summed E-state index contributed by atoms with van der Waals surface area (Å²) in [6.45, 7) is -1.14. The van der Waals surface area contributed by atoms with Crippen molar-refractivity contribution in [1.82, 2.24) is 0 Å². The molecule has 19 rings (SSSR count). The van der Waals surface area contributed by atoms with Gasteiger partial charge in [0.2, 0.25) is 0 Å². The lowest BCUT2D eigenvalue weighted by atomic mass is 9.36. The molecule has 11 aromatic carbocycles. The highest BCUT2D eigenvalue weighted by atomic mass is 32.1. The van der Waals surface area contributed by atoms with Gasteiger partial charge in [0.1, 0.15) is 69.1 Å². The highest BCUT2D eigenvalue weighted by molar-refractivity contribution is 7.44. The third kappa shape index (κ3) is 7.96. The third-order valence-electron chi connectivity index (χ3n) is 18.9. The Bertz CT molecular complexity index is 4980. The molecular weight excluding hydrogens is 1220 g/mol. The number of hydrogen-bond acceptors (Lipinski definition) is 11. The lowest BCUT2D eigenvalue weighted by molar-refractivity contribution is 0.467. The maximum absolute atomic E-state index is 16.4. The van der Waals surface area contributed by atoms with Gasteiger partial charge in [-0.2, -0.15) is 22.7 Å². The van der Waals surface area contributed by atoms with Crippen LogP contribution < -0.4 is 89.9 Å². The van der Waals surface area contributed by atoms with Gasteiger partial charge in [0.15, 0.2) is 11.5 Å². The van der Waals surface area contributed by atoms with Crippen LogP contribution in [0, 0.1) is 23.3 Å². The van der Waals surface area contributed by atoms with Crippen LogP contribution in [0.2, 0.25) is 0 Å². The molecule has 6 aliphatic heterocycles. The summed E-state index contributed by atoms with van der Waals surface area (Å²) in [4.78, 5) is 9.76. The molecule has 0 bridgehead atoms. The van der Waals surface area contributed by atoms with Crippen LogP contribution in [0.5, 0.6) is 46.0 Å². The summed E-state index contributed by atoms with van der Waals surface area (Å²) >= 11 is 3.43. The molecule has 0 aliphatic carbocycles. The molecule has 0 spiro atoms. The van der Waals surface area contributed by atoms with Crippen LogP contribution >= 0.6 is 22.7 Å². The highest BCUT2D eigenvalue weighted by Gasteiger charge is 2.54. The number of nitrogens with zero attached hydrogens (tertiary/aromatic N) is 5. The first-order valence-electron chi connectivity index (χ1n) is 30.9. The van der Waals surface area contributed by atoms with Crippen molar-refractivity contribution in [2.45, 2.75) is 0 Å².